The van der Waals surface area contributed by atoms with Crippen LogP contribution in [0.3, 0.4) is 0 Å². The second-order valence-electron chi connectivity index (χ2n) is 8.00. The minimum atomic E-state index is -0.338. The van der Waals surface area contributed by atoms with Crippen LogP contribution in [0, 0.1) is 6.92 Å². The van der Waals surface area contributed by atoms with Crippen molar-refractivity contribution in [1.29, 1.82) is 0 Å². The first-order chi connectivity index (χ1) is 10.8. The first-order valence-electron chi connectivity index (χ1n) is 8.87. The Hall–Kier alpha value is -1.07. The lowest BCUT2D eigenvalue weighted by Crippen LogP contribution is -2.41. The molecule has 0 atom stereocenters. The van der Waals surface area contributed by atoms with Crippen molar-refractivity contribution in [3.63, 3.8) is 0 Å². The summed E-state index contributed by atoms with van der Waals surface area (Å²) < 4.78 is 12.2. The van der Waals surface area contributed by atoms with Gasteiger partial charge >= 0.3 is 7.12 Å². The fourth-order valence-corrected chi connectivity index (χ4v) is 3.30. The van der Waals surface area contributed by atoms with E-state index >= 15 is 0 Å². The molecular formula is C18H29BN2O2. The van der Waals surface area contributed by atoms with E-state index in [4.69, 9.17) is 9.31 Å². The number of aromatic nitrogens is 1. The highest BCUT2D eigenvalue weighted by Crippen LogP contribution is 2.36. The predicted molar refractivity (Wildman–Crippen MR) is 95.2 cm³/mol. The van der Waals surface area contributed by atoms with Crippen molar-refractivity contribution >= 4 is 18.4 Å². The molecule has 2 fully saturated rings. The van der Waals surface area contributed by atoms with E-state index in [1.165, 1.54) is 32.1 Å². The number of hydrogen-bond acceptors (Lipinski definition) is 4. The number of nitrogens with zero attached hydrogens (tertiary/aromatic N) is 1. The summed E-state index contributed by atoms with van der Waals surface area (Å²) in [4.78, 5) is 4.64. The fraction of sp³-hybridized carbons (Fsp3) is 0.722. The minimum Gasteiger partial charge on any atom is -0.399 e. The van der Waals surface area contributed by atoms with Gasteiger partial charge in [0.05, 0.1) is 11.2 Å². The highest BCUT2D eigenvalue weighted by Gasteiger charge is 2.51. The number of pyridine rings is 1. The Morgan fingerprint density at radius 3 is 2.26 bits per heavy atom. The second-order valence-corrected chi connectivity index (χ2v) is 8.00. The average Bonchev–Trinajstić information content (AvgIpc) is 2.71. The van der Waals surface area contributed by atoms with Crippen molar-refractivity contribution in [1.82, 2.24) is 4.98 Å². The predicted octanol–water partition coefficient (Wildman–Crippen LogP) is 3.43. The third kappa shape index (κ3) is 3.41. The number of anilines is 1. The molecule has 0 aromatic carbocycles. The summed E-state index contributed by atoms with van der Waals surface area (Å²) in [5.41, 5.74) is 1.52. The Labute approximate surface area is 140 Å². The van der Waals surface area contributed by atoms with E-state index in [1.54, 1.807) is 0 Å². The number of rotatable bonds is 3. The molecule has 0 bridgehead atoms. The molecule has 1 saturated heterocycles. The molecule has 23 heavy (non-hydrogen) atoms. The Morgan fingerprint density at radius 2 is 1.70 bits per heavy atom. The highest BCUT2D eigenvalue weighted by molar-refractivity contribution is 6.62. The van der Waals surface area contributed by atoms with Crippen molar-refractivity contribution < 1.29 is 9.31 Å². The monoisotopic (exact) mass is 316 g/mol. The summed E-state index contributed by atoms with van der Waals surface area (Å²) in [6, 6.07) is 2.71. The van der Waals surface area contributed by atoms with E-state index < -0.39 is 0 Å². The van der Waals surface area contributed by atoms with E-state index in [-0.39, 0.29) is 18.3 Å². The van der Waals surface area contributed by atoms with E-state index in [1.807, 2.05) is 6.20 Å². The van der Waals surface area contributed by atoms with Crippen LogP contribution in [0.2, 0.25) is 0 Å². The van der Waals surface area contributed by atoms with Crippen LogP contribution in [0.4, 0.5) is 5.82 Å². The molecule has 0 unspecified atom stereocenters. The molecule has 1 aromatic rings. The summed E-state index contributed by atoms with van der Waals surface area (Å²) in [6.45, 7) is 10.4. The molecular weight excluding hydrogens is 287 g/mol. The summed E-state index contributed by atoms with van der Waals surface area (Å²) in [6.07, 6.45) is 8.40. The third-order valence-electron chi connectivity index (χ3n) is 5.57. The van der Waals surface area contributed by atoms with Gasteiger partial charge in [-0.25, -0.2) is 4.98 Å². The Kier molecular flexibility index (Phi) is 4.45. The van der Waals surface area contributed by atoms with Crippen LogP contribution in [0.25, 0.3) is 0 Å². The van der Waals surface area contributed by atoms with Gasteiger partial charge in [-0.05, 0) is 53.0 Å². The molecule has 1 aliphatic heterocycles. The molecule has 0 spiro atoms. The largest absolute Gasteiger partial charge is 0.496 e. The first-order valence-corrected chi connectivity index (χ1v) is 8.87. The summed E-state index contributed by atoms with van der Waals surface area (Å²) in [7, 11) is -0.338. The van der Waals surface area contributed by atoms with Gasteiger partial charge in [-0.1, -0.05) is 25.3 Å². The molecule has 1 N–H and O–H groups in total. The lowest BCUT2D eigenvalue weighted by Gasteiger charge is -2.32. The van der Waals surface area contributed by atoms with Crippen LogP contribution in [-0.4, -0.2) is 29.3 Å². The first kappa shape index (κ1) is 16.8. The van der Waals surface area contributed by atoms with E-state index in [2.05, 4.69) is 51.0 Å². The Balaban J connectivity index is 1.72. The second kappa shape index (κ2) is 6.10. The molecule has 0 amide bonds. The van der Waals surface area contributed by atoms with Gasteiger partial charge in [-0.2, -0.15) is 0 Å². The van der Waals surface area contributed by atoms with Crippen molar-refractivity contribution in [2.45, 2.75) is 84.0 Å². The van der Waals surface area contributed by atoms with Crippen LogP contribution in [0.5, 0.6) is 0 Å². The zero-order valence-electron chi connectivity index (χ0n) is 15.1. The summed E-state index contributed by atoms with van der Waals surface area (Å²) >= 11 is 0. The quantitative estimate of drug-likeness (QED) is 0.868. The smallest absolute Gasteiger partial charge is 0.399 e. The maximum atomic E-state index is 6.11. The van der Waals surface area contributed by atoms with Gasteiger partial charge in [0.25, 0.3) is 0 Å². The summed E-state index contributed by atoms with van der Waals surface area (Å²) in [5.74, 6) is 0.997. The van der Waals surface area contributed by atoms with Gasteiger partial charge in [0.1, 0.15) is 5.82 Å². The van der Waals surface area contributed by atoms with Crippen molar-refractivity contribution in [3.05, 3.63) is 17.8 Å². The van der Waals surface area contributed by atoms with Gasteiger partial charge in [-0.15, -0.1) is 0 Å². The fourth-order valence-electron chi connectivity index (χ4n) is 3.30. The van der Waals surface area contributed by atoms with Crippen LogP contribution >= 0.6 is 0 Å². The number of nitrogens with one attached hydrogen (secondary N) is 1. The molecule has 5 heteroatoms. The average molecular weight is 316 g/mol. The topological polar surface area (TPSA) is 43.4 Å². The number of aryl methyl sites for hydroxylation is 1. The van der Waals surface area contributed by atoms with Crippen LogP contribution in [-0.2, 0) is 9.31 Å². The lowest BCUT2D eigenvalue weighted by atomic mass is 9.79. The molecule has 1 aliphatic carbocycles. The molecule has 0 radical (unpaired) electrons. The third-order valence-corrected chi connectivity index (χ3v) is 5.57. The van der Waals surface area contributed by atoms with Gasteiger partial charge in [0, 0.05) is 17.7 Å². The van der Waals surface area contributed by atoms with Crippen LogP contribution in [0.15, 0.2) is 12.3 Å². The standard InChI is InChI=1S/C18H29BN2O2/c1-13-11-14(19-22-17(2,3)18(4,5)23-19)12-20-16(13)21-15-9-7-6-8-10-15/h11-12,15H,6-10H2,1-5H3,(H,20,21). The molecule has 4 nitrogen and oxygen atoms in total. The molecule has 126 valence electrons. The highest BCUT2D eigenvalue weighted by atomic mass is 16.7. The molecule has 3 rings (SSSR count). The maximum absolute atomic E-state index is 6.11. The number of hydrogen-bond donors (Lipinski definition) is 1. The van der Waals surface area contributed by atoms with Crippen LogP contribution in [0.1, 0.15) is 65.4 Å². The summed E-state index contributed by atoms with van der Waals surface area (Å²) in [5, 5.41) is 3.61. The van der Waals surface area contributed by atoms with Crippen molar-refractivity contribution in [2.75, 3.05) is 5.32 Å². The molecule has 1 saturated carbocycles. The Morgan fingerprint density at radius 1 is 1.09 bits per heavy atom. The molecule has 2 aliphatic rings. The zero-order valence-corrected chi connectivity index (χ0v) is 15.1. The normalized spacial score (nSPS) is 24.0. The lowest BCUT2D eigenvalue weighted by molar-refractivity contribution is 0.00578. The molecule has 1 aromatic heterocycles. The van der Waals surface area contributed by atoms with E-state index in [0.29, 0.717) is 6.04 Å². The van der Waals surface area contributed by atoms with E-state index in [9.17, 15) is 0 Å². The minimum absolute atomic E-state index is 0.315. The maximum Gasteiger partial charge on any atom is 0.496 e. The zero-order chi connectivity index (χ0) is 16.7. The van der Waals surface area contributed by atoms with E-state index in [0.717, 1.165) is 16.8 Å². The van der Waals surface area contributed by atoms with Crippen LogP contribution < -0.4 is 10.8 Å². The SMILES string of the molecule is Cc1cc(B2OC(C)(C)C(C)(C)O2)cnc1NC1CCCCC1. The van der Waals surface area contributed by atoms with Gasteiger partial charge in [0.15, 0.2) is 0 Å². The van der Waals surface area contributed by atoms with Crippen molar-refractivity contribution in [3.8, 4) is 0 Å². The van der Waals surface area contributed by atoms with Gasteiger partial charge < -0.3 is 14.6 Å². The van der Waals surface area contributed by atoms with Crippen molar-refractivity contribution in [2.24, 2.45) is 0 Å². The molecule has 2 heterocycles. The van der Waals surface area contributed by atoms with Gasteiger partial charge in [-0.3, -0.25) is 0 Å². The Bertz CT molecular complexity index is 552. The van der Waals surface area contributed by atoms with Gasteiger partial charge in [0.2, 0.25) is 0 Å².